The van der Waals surface area contributed by atoms with Crippen LogP contribution >= 0.6 is 34.7 Å². The number of hydrogen-bond donors (Lipinski definition) is 2. The van der Waals surface area contributed by atoms with Crippen molar-refractivity contribution in [3.8, 4) is 0 Å². The Kier molecular flexibility index (Phi) is 3.66. The van der Waals surface area contributed by atoms with Crippen LogP contribution in [-0.4, -0.2) is 17.2 Å². The summed E-state index contributed by atoms with van der Waals surface area (Å²) < 4.78 is 0.0833. The second-order valence-corrected chi connectivity index (χ2v) is 5.69. The molecule has 0 nitrogen and oxygen atoms in total. The molecular weight excluding hydrogens is 134 g/mol. The number of rotatable bonds is 1. The Morgan fingerprint density at radius 3 is 1.83 bits per heavy atom. The van der Waals surface area contributed by atoms with E-state index in [0.717, 1.165) is 0 Å². The van der Waals surface area contributed by atoms with Crippen LogP contribution in [-0.2, 0) is 0 Å². The third kappa shape index (κ3) is 3.25. The average Bonchev–Trinajstić information content (AvgIpc) is 1.36. The van der Waals surface area contributed by atoms with E-state index in [9.17, 15) is 0 Å². The van der Waals surface area contributed by atoms with Gasteiger partial charge in [0.05, 0.1) is 0 Å². The molecule has 0 aromatic carbocycles. The van der Waals surface area contributed by atoms with Crippen LogP contribution in [0.5, 0.6) is 0 Å². The van der Waals surface area contributed by atoms with Gasteiger partial charge in [0.2, 0.25) is 0 Å². The van der Waals surface area contributed by atoms with E-state index in [-0.39, 0.29) is 15.4 Å². The van der Waals surface area contributed by atoms with Gasteiger partial charge >= 0.3 is 4.69 Å². The first-order chi connectivity index (χ1) is 2.64. The van der Waals surface area contributed by atoms with Crippen LogP contribution in [0.15, 0.2) is 0 Å². The van der Waals surface area contributed by atoms with Crippen LogP contribution in [0.1, 0.15) is 0 Å². The Labute approximate surface area is 52.2 Å². The maximum Gasteiger partial charge on any atom is 0.357 e. The van der Waals surface area contributed by atoms with E-state index in [1.807, 2.05) is 0 Å². The fraction of sp³-hybridized carbons (Fsp3) is 1.00. The van der Waals surface area contributed by atoms with Gasteiger partial charge in [0.1, 0.15) is 0 Å². The van der Waals surface area contributed by atoms with Gasteiger partial charge < -0.3 is 0 Å². The highest BCUT2D eigenvalue weighted by atomic mass is 35.5. The van der Waals surface area contributed by atoms with Gasteiger partial charge in [0, 0.05) is 0 Å². The van der Waals surface area contributed by atoms with E-state index >= 15 is 0 Å². The summed E-state index contributed by atoms with van der Waals surface area (Å²) in [4.78, 5) is 0. The molecule has 0 heterocycles. The summed E-state index contributed by atoms with van der Waals surface area (Å²) in [6.07, 6.45) is 4.19. The molecule has 0 amide bonds. The van der Waals surface area contributed by atoms with Gasteiger partial charge in [-0.2, -0.15) is 23.9 Å². The Bertz CT molecular complexity index is 32.5. The van der Waals surface area contributed by atoms with Crippen LogP contribution in [0.2, 0.25) is 0 Å². The largest absolute Gasteiger partial charge is 0.357 e. The van der Waals surface area contributed by atoms with Crippen LogP contribution in [0.4, 0.5) is 0 Å². The molecule has 0 radical (unpaired) electrons. The predicted molar refractivity (Wildman–Crippen MR) is 41.4 cm³/mol. The lowest BCUT2D eigenvalue weighted by Gasteiger charge is -2.03. The molecule has 0 fully saturated rings. The van der Waals surface area contributed by atoms with Gasteiger partial charge in [-0.1, -0.05) is 0 Å². The molecule has 0 aliphatic rings. The lowest BCUT2D eigenvalue weighted by Crippen LogP contribution is -1.89. The molecule has 0 saturated heterocycles. The summed E-state index contributed by atoms with van der Waals surface area (Å²) in [5, 5.41) is 0. The average molecular weight is 142 g/mol. The molecule has 0 aliphatic carbocycles. The molecule has 0 saturated carbocycles. The van der Waals surface area contributed by atoms with E-state index in [4.69, 9.17) is 11.5 Å². The maximum absolute atomic E-state index is 5.51. The first-order valence-corrected chi connectivity index (χ1v) is 4.89. The first kappa shape index (κ1) is 7.05. The molecule has 0 atom stereocenters. The maximum atomic E-state index is 5.51. The van der Waals surface area contributed by atoms with Crippen LogP contribution in [0.25, 0.3) is 0 Å². The lowest BCUT2D eigenvalue weighted by atomic mass is 10.7. The fourth-order valence-electron chi connectivity index (χ4n) is 0. The first-order valence-electron chi connectivity index (χ1n) is 1.63. The summed E-state index contributed by atoms with van der Waals surface area (Å²) >= 11 is 9.49. The van der Waals surface area contributed by atoms with E-state index < -0.39 is 0 Å². The zero-order valence-corrected chi connectivity index (χ0v) is 6.39. The Balaban J connectivity index is 2.99. The molecule has 0 spiro atoms. The van der Waals surface area contributed by atoms with Crippen molar-refractivity contribution >= 4 is 39.4 Å². The lowest BCUT2D eigenvalue weighted by molar-refractivity contribution is 2.35. The summed E-state index contributed by atoms with van der Waals surface area (Å²) in [6, 6.07) is 0. The Morgan fingerprint density at radius 1 is 1.67 bits per heavy atom. The fourth-order valence-corrected chi connectivity index (χ4v) is 0. The summed E-state index contributed by atoms with van der Waals surface area (Å²) in [5.41, 5.74) is 0. The van der Waals surface area contributed by atoms with E-state index in [0.29, 0.717) is 0 Å². The zero-order chi connectivity index (χ0) is 5.15. The molecule has 38 valence electrons. The minimum Gasteiger partial charge on any atom is -0.264 e. The highest BCUT2D eigenvalue weighted by Gasteiger charge is 2.02. The number of halogens is 1. The third-order valence-electron chi connectivity index (χ3n) is 0.426. The zero-order valence-electron chi connectivity index (χ0n) is 3.85. The molecule has 0 N–H and O–H groups in total. The van der Waals surface area contributed by atoms with Crippen LogP contribution in [0, 0.1) is 0 Å². The summed E-state index contributed by atoms with van der Waals surface area (Å²) in [5.74, 6) is 0. The SMILES string of the molecule is C[SH](C)B(S)Cl. The van der Waals surface area contributed by atoms with Gasteiger partial charge in [-0.05, 0) is 12.5 Å². The monoisotopic (exact) mass is 142 g/mol. The van der Waals surface area contributed by atoms with Gasteiger partial charge in [-0.15, -0.1) is 0 Å². The third-order valence-corrected chi connectivity index (χ3v) is 3.84. The molecular formula is C2H8BClS2. The van der Waals surface area contributed by atoms with Gasteiger partial charge in [-0.25, -0.2) is 0 Å². The van der Waals surface area contributed by atoms with Gasteiger partial charge in [-0.3, -0.25) is 10.7 Å². The second kappa shape index (κ2) is 3.11. The summed E-state index contributed by atoms with van der Waals surface area (Å²) in [6.45, 7) is 0. The second-order valence-electron chi connectivity index (χ2n) is 1.27. The topological polar surface area (TPSA) is 0 Å². The van der Waals surface area contributed by atoms with Crippen molar-refractivity contribution in [2.24, 2.45) is 0 Å². The van der Waals surface area contributed by atoms with Crippen molar-refractivity contribution in [2.45, 2.75) is 0 Å². The quantitative estimate of drug-likeness (QED) is 0.401. The minimum absolute atomic E-state index is 0.0298. The molecule has 0 unspecified atom stereocenters. The number of thiol groups is 2. The smallest absolute Gasteiger partial charge is 0.264 e. The highest BCUT2D eigenvalue weighted by molar-refractivity contribution is 8.60. The predicted octanol–water partition coefficient (Wildman–Crippen LogP) is 1.40. The van der Waals surface area contributed by atoms with Crippen molar-refractivity contribution in [2.75, 3.05) is 12.5 Å². The highest BCUT2D eigenvalue weighted by Crippen LogP contribution is 2.23. The normalized spacial score (nSPS) is 11.0. The van der Waals surface area contributed by atoms with E-state index in [1.165, 1.54) is 0 Å². The molecule has 0 rings (SSSR count). The van der Waals surface area contributed by atoms with Gasteiger partial charge in [0.25, 0.3) is 0 Å². The molecule has 0 bridgehead atoms. The molecule has 0 aromatic rings. The van der Waals surface area contributed by atoms with Crippen molar-refractivity contribution in [3.63, 3.8) is 0 Å². The van der Waals surface area contributed by atoms with Crippen LogP contribution < -0.4 is 0 Å². The molecule has 6 heavy (non-hydrogen) atoms. The Morgan fingerprint density at radius 2 is 1.83 bits per heavy atom. The molecule has 0 aliphatic heterocycles. The summed E-state index contributed by atoms with van der Waals surface area (Å²) in [7, 11) is -0.0298. The van der Waals surface area contributed by atoms with E-state index in [2.05, 4.69) is 25.0 Å². The standard InChI is InChI=1S/C2H8BClS2/c1-6(2)3(4)5/h5-6H,1-2H3. The molecule has 4 heteroatoms. The van der Waals surface area contributed by atoms with Crippen molar-refractivity contribution in [1.82, 2.24) is 0 Å². The van der Waals surface area contributed by atoms with E-state index in [1.54, 1.807) is 0 Å². The molecule has 0 aromatic heterocycles. The van der Waals surface area contributed by atoms with Crippen molar-refractivity contribution < 1.29 is 0 Å². The van der Waals surface area contributed by atoms with Gasteiger partial charge in [0.15, 0.2) is 0 Å². The number of hydrogen-bond acceptors (Lipinski definition) is 1. The Hall–Kier alpha value is 1.05. The van der Waals surface area contributed by atoms with Crippen LogP contribution in [0.3, 0.4) is 0 Å². The minimum atomic E-state index is -0.0298. The van der Waals surface area contributed by atoms with Crippen molar-refractivity contribution in [1.29, 1.82) is 0 Å². The van der Waals surface area contributed by atoms with Crippen molar-refractivity contribution in [3.05, 3.63) is 0 Å².